The maximum atomic E-state index is 13.2. The largest absolute Gasteiger partial charge is 0.492 e. The highest BCUT2D eigenvalue weighted by Crippen LogP contribution is 2.40. The van der Waals surface area contributed by atoms with Gasteiger partial charge in [-0.15, -0.1) is 0 Å². The Morgan fingerprint density at radius 2 is 1.96 bits per heavy atom. The molecule has 0 unspecified atom stereocenters. The van der Waals surface area contributed by atoms with Crippen molar-refractivity contribution in [2.24, 2.45) is 0 Å². The van der Waals surface area contributed by atoms with Crippen LogP contribution in [0.2, 0.25) is 0 Å². The molecule has 0 bridgehead atoms. The number of rotatable bonds is 1. The van der Waals surface area contributed by atoms with Crippen LogP contribution in [0.5, 0.6) is 5.75 Å². The lowest BCUT2D eigenvalue weighted by Crippen LogP contribution is -2.12. The highest BCUT2D eigenvalue weighted by atomic mass is 79.9. The van der Waals surface area contributed by atoms with Crippen molar-refractivity contribution >= 4 is 26.9 Å². The Morgan fingerprint density at radius 1 is 1.21 bits per heavy atom. The van der Waals surface area contributed by atoms with Gasteiger partial charge in [-0.2, -0.15) is 0 Å². The molecule has 0 aliphatic carbocycles. The second-order valence-electron chi connectivity index (χ2n) is 5.90. The third-order valence-corrected chi connectivity index (χ3v) is 5.05. The molecule has 122 valence electrons. The van der Waals surface area contributed by atoms with Crippen molar-refractivity contribution in [1.29, 1.82) is 0 Å². The summed E-state index contributed by atoms with van der Waals surface area (Å²) in [5.74, 6) is 0.859. The normalized spacial score (nSPS) is 13.6. The minimum atomic E-state index is -0.330. The average molecular weight is 389 g/mol. The smallest absolute Gasteiger partial charge is 0.196 e. The van der Waals surface area contributed by atoms with Crippen molar-refractivity contribution < 1.29 is 13.5 Å². The number of hydrogen-bond donors (Lipinski definition) is 0. The summed E-state index contributed by atoms with van der Waals surface area (Å²) < 4.78 is 25.6. The van der Waals surface area contributed by atoms with Crippen molar-refractivity contribution in [2.75, 3.05) is 6.61 Å². The molecule has 0 saturated heterocycles. The van der Waals surface area contributed by atoms with Crippen LogP contribution in [0.3, 0.4) is 0 Å². The molecule has 3 nitrogen and oxygen atoms in total. The zero-order valence-electron chi connectivity index (χ0n) is 13.0. The summed E-state index contributed by atoms with van der Waals surface area (Å²) in [4.78, 5) is 12.8. The lowest BCUT2D eigenvalue weighted by Gasteiger charge is -2.20. The molecule has 5 heteroatoms. The van der Waals surface area contributed by atoms with E-state index >= 15 is 0 Å². The molecule has 0 atom stereocenters. The number of aryl methyl sites for hydroxylation is 1. The summed E-state index contributed by atoms with van der Waals surface area (Å²) in [7, 11) is 0. The zero-order valence-corrected chi connectivity index (χ0v) is 14.6. The van der Waals surface area contributed by atoms with Gasteiger partial charge in [-0.3, -0.25) is 4.79 Å². The third-order valence-electron chi connectivity index (χ3n) is 4.33. The summed E-state index contributed by atoms with van der Waals surface area (Å²) in [5, 5.41) is 0.537. The molecular weight excluding hydrogens is 375 g/mol. The maximum Gasteiger partial charge on any atom is 0.196 e. The number of hydrogen-bond acceptors (Lipinski definition) is 3. The van der Waals surface area contributed by atoms with E-state index in [1.54, 1.807) is 19.1 Å². The summed E-state index contributed by atoms with van der Waals surface area (Å²) in [6.07, 6.45) is 1.81. The first-order valence-electron chi connectivity index (χ1n) is 7.74. The van der Waals surface area contributed by atoms with E-state index in [0.29, 0.717) is 38.9 Å². The van der Waals surface area contributed by atoms with Crippen molar-refractivity contribution in [2.45, 2.75) is 19.8 Å². The lowest BCUT2D eigenvalue weighted by molar-refractivity contribution is 0.286. The van der Waals surface area contributed by atoms with E-state index in [2.05, 4.69) is 15.9 Å². The van der Waals surface area contributed by atoms with Gasteiger partial charge in [0.2, 0.25) is 0 Å². The fourth-order valence-corrected chi connectivity index (χ4v) is 3.74. The number of halogens is 2. The molecule has 1 aliphatic heterocycles. The predicted molar refractivity (Wildman–Crippen MR) is 94.1 cm³/mol. The predicted octanol–water partition coefficient (Wildman–Crippen LogP) is 5.00. The Kier molecular flexibility index (Phi) is 3.68. The van der Waals surface area contributed by atoms with Crippen LogP contribution in [0.15, 0.2) is 44.0 Å². The Labute approximate surface area is 146 Å². The fourth-order valence-electron chi connectivity index (χ4n) is 3.08. The standard InChI is InChI=1S/C19H14BrFO3/c1-10-16(22)14-9-12-3-2-8-23-18(12)15(20)19(14)24-17(10)11-4-6-13(21)7-5-11/h4-7,9H,2-3,8H2,1H3. The van der Waals surface area contributed by atoms with Crippen LogP contribution in [-0.4, -0.2) is 6.61 Å². The summed E-state index contributed by atoms with van der Waals surface area (Å²) in [5.41, 5.74) is 2.58. The monoisotopic (exact) mass is 388 g/mol. The van der Waals surface area contributed by atoms with Gasteiger partial charge in [0.25, 0.3) is 0 Å². The molecule has 0 amide bonds. The van der Waals surface area contributed by atoms with E-state index in [-0.39, 0.29) is 11.2 Å². The highest BCUT2D eigenvalue weighted by molar-refractivity contribution is 9.10. The summed E-state index contributed by atoms with van der Waals surface area (Å²) >= 11 is 3.53. The van der Waals surface area contributed by atoms with Gasteiger partial charge in [0.05, 0.1) is 12.0 Å². The molecule has 0 saturated carbocycles. The van der Waals surface area contributed by atoms with E-state index in [1.165, 1.54) is 12.1 Å². The number of ether oxygens (including phenoxy) is 1. The molecule has 4 rings (SSSR count). The molecule has 0 spiro atoms. The van der Waals surface area contributed by atoms with Gasteiger partial charge in [0.1, 0.15) is 21.8 Å². The second kappa shape index (κ2) is 5.74. The molecule has 0 radical (unpaired) electrons. The lowest BCUT2D eigenvalue weighted by atomic mass is 10.0. The van der Waals surface area contributed by atoms with Gasteiger partial charge < -0.3 is 9.15 Å². The molecule has 3 aromatic rings. The first-order chi connectivity index (χ1) is 11.6. The van der Waals surface area contributed by atoms with Crippen molar-refractivity contribution in [3.05, 3.63) is 62.0 Å². The molecule has 0 N–H and O–H groups in total. The quantitative estimate of drug-likeness (QED) is 0.589. The highest BCUT2D eigenvalue weighted by Gasteiger charge is 2.22. The van der Waals surface area contributed by atoms with Gasteiger partial charge in [-0.05, 0) is 71.6 Å². The number of fused-ring (bicyclic) bond motifs is 2. The topological polar surface area (TPSA) is 39.4 Å². The molecule has 1 aromatic heterocycles. The molecule has 2 heterocycles. The molecular formula is C19H14BrFO3. The van der Waals surface area contributed by atoms with Crippen LogP contribution < -0.4 is 10.2 Å². The van der Waals surface area contributed by atoms with Crippen LogP contribution in [0.4, 0.5) is 4.39 Å². The van der Waals surface area contributed by atoms with Crippen LogP contribution >= 0.6 is 15.9 Å². The first kappa shape index (κ1) is 15.4. The van der Waals surface area contributed by atoms with E-state index in [4.69, 9.17) is 9.15 Å². The molecule has 2 aromatic carbocycles. The third kappa shape index (κ3) is 2.35. The van der Waals surface area contributed by atoms with Gasteiger partial charge in [0, 0.05) is 11.1 Å². The van der Waals surface area contributed by atoms with E-state index in [0.717, 1.165) is 24.2 Å². The zero-order chi connectivity index (χ0) is 16.8. The Bertz CT molecular complexity index is 1010. The molecule has 24 heavy (non-hydrogen) atoms. The van der Waals surface area contributed by atoms with Gasteiger partial charge in [0.15, 0.2) is 11.0 Å². The Morgan fingerprint density at radius 3 is 2.71 bits per heavy atom. The molecule has 0 fully saturated rings. The van der Waals surface area contributed by atoms with Crippen molar-refractivity contribution in [3.63, 3.8) is 0 Å². The van der Waals surface area contributed by atoms with Crippen LogP contribution in [-0.2, 0) is 6.42 Å². The SMILES string of the molecule is Cc1c(-c2ccc(F)cc2)oc2c(Br)c3c(cc2c1=O)CCCO3. The Hall–Kier alpha value is -2.14. The Balaban J connectivity index is 2.04. The summed E-state index contributed by atoms with van der Waals surface area (Å²) in [6, 6.07) is 7.78. The van der Waals surface area contributed by atoms with Crippen molar-refractivity contribution in [3.8, 4) is 17.1 Å². The van der Waals surface area contributed by atoms with Gasteiger partial charge in [-0.25, -0.2) is 4.39 Å². The van der Waals surface area contributed by atoms with E-state index in [1.807, 2.05) is 6.07 Å². The van der Waals surface area contributed by atoms with E-state index in [9.17, 15) is 9.18 Å². The minimum Gasteiger partial charge on any atom is -0.492 e. The summed E-state index contributed by atoms with van der Waals surface area (Å²) in [6.45, 7) is 2.38. The van der Waals surface area contributed by atoms with Crippen molar-refractivity contribution in [1.82, 2.24) is 0 Å². The maximum absolute atomic E-state index is 13.2. The minimum absolute atomic E-state index is 0.0790. The van der Waals surface area contributed by atoms with Crippen LogP contribution in [0, 0.1) is 12.7 Å². The van der Waals surface area contributed by atoms with Gasteiger partial charge in [-0.1, -0.05) is 0 Å². The first-order valence-corrected chi connectivity index (χ1v) is 8.53. The van der Waals surface area contributed by atoms with Gasteiger partial charge >= 0.3 is 0 Å². The number of benzene rings is 2. The van der Waals surface area contributed by atoms with E-state index < -0.39 is 0 Å². The second-order valence-corrected chi connectivity index (χ2v) is 6.69. The average Bonchev–Trinajstić information content (AvgIpc) is 2.60. The molecule has 1 aliphatic rings. The van der Waals surface area contributed by atoms with Crippen LogP contribution in [0.1, 0.15) is 17.5 Å². The fraction of sp³-hybridized carbons (Fsp3) is 0.211. The van der Waals surface area contributed by atoms with Crippen LogP contribution in [0.25, 0.3) is 22.3 Å².